The van der Waals surface area contributed by atoms with Gasteiger partial charge in [0.05, 0.1) is 11.8 Å². The molecule has 0 unspecified atom stereocenters. The van der Waals surface area contributed by atoms with E-state index in [0.717, 1.165) is 10.8 Å². The molecule has 4 aromatic carbocycles. The molecule has 0 aliphatic carbocycles. The number of nitrogens with zero attached hydrogens (tertiary/aromatic N) is 1. The van der Waals surface area contributed by atoms with Crippen LogP contribution in [0.15, 0.2) is 96.1 Å². The lowest BCUT2D eigenvalue weighted by Crippen LogP contribution is -2.17. The number of esters is 1. The van der Waals surface area contributed by atoms with Crippen LogP contribution in [0.25, 0.3) is 10.8 Å². The van der Waals surface area contributed by atoms with Crippen LogP contribution in [0.3, 0.4) is 0 Å². The van der Waals surface area contributed by atoms with Crippen LogP contribution in [0.5, 0.6) is 5.75 Å². The van der Waals surface area contributed by atoms with Gasteiger partial charge in [0, 0.05) is 11.1 Å². The van der Waals surface area contributed by atoms with Gasteiger partial charge in [-0.2, -0.15) is 5.10 Å². The SMILES string of the molecule is O=C(NN=Cc1c(OC(=O)c2ccccc2)ccc2ccccc12)c1ccc(F)cc1. The first-order valence-electron chi connectivity index (χ1n) is 9.50. The normalized spacial score (nSPS) is 10.9. The summed E-state index contributed by atoms with van der Waals surface area (Å²) in [6.07, 6.45) is 1.43. The van der Waals surface area contributed by atoms with Gasteiger partial charge in [0.25, 0.3) is 5.91 Å². The lowest BCUT2D eigenvalue weighted by molar-refractivity contribution is 0.0734. The van der Waals surface area contributed by atoms with Crippen LogP contribution in [0.2, 0.25) is 0 Å². The molecule has 1 amide bonds. The number of amides is 1. The van der Waals surface area contributed by atoms with Crippen molar-refractivity contribution in [1.29, 1.82) is 0 Å². The van der Waals surface area contributed by atoms with E-state index < -0.39 is 17.7 Å². The molecule has 1 N–H and O–H groups in total. The summed E-state index contributed by atoms with van der Waals surface area (Å²) in [6.45, 7) is 0. The Morgan fingerprint density at radius 3 is 2.29 bits per heavy atom. The average molecular weight is 412 g/mol. The molecule has 0 bridgehead atoms. The number of carbonyl (C=O) groups is 2. The maximum Gasteiger partial charge on any atom is 0.343 e. The Bertz CT molecular complexity index is 1270. The summed E-state index contributed by atoms with van der Waals surface area (Å²) in [5.41, 5.74) is 3.64. The van der Waals surface area contributed by atoms with Crippen LogP contribution >= 0.6 is 0 Å². The minimum Gasteiger partial charge on any atom is -0.422 e. The van der Waals surface area contributed by atoms with Crippen LogP contribution in [-0.4, -0.2) is 18.1 Å². The van der Waals surface area contributed by atoms with E-state index in [1.165, 1.54) is 30.5 Å². The van der Waals surface area contributed by atoms with Gasteiger partial charge in [0.1, 0.15) is 11.6 Å². The highest BCUT2D eigenvalue weighted by molar-refractivity contribution is 6.04. The molecule has 5 nitrogen and oxygen atoms in total. The van der Waals surface area contributed by atoms with E-state index in [1.807, 2.05) is 36.4 Å². The Morgan fingerprint density at radius 2 is 1.52 bits per heavy atom. The second kappa shape index (κ2) is 9.00. The predicted octanol–water partition coefficient (Wildman–Crippen LogP) is 4.96. The number of benzene rings is 4. The molecule has 0 aliphatic rings. The summed E-state index contributed by atoms with van der Waals surface area (Å²) in [6, 6.07) is 24.9. The maximum absolute atomic E-state index is 13.0. The quantitative estimate of drug-likeness (QED) is 0.218. The number of fused-ring (bicyclic) bond motifs is 1. The van der Waals surface area contributed by atoms with Gasteiger partial charge in [-0.05, 0) is 53.2 Å². The highest BCUT2D eigenvalue weighted by Crippen LogP contribution is 2.27. The van der Waals surface area contributed by atoms with E-state index in [1.54, 1.807) is 30.3 Å². The van der Waals surface area contributed by atoms with Crippen molar-refractivity contribution in [3.8, 4) is 5.75 Å². The molecule has 0 spiro atoms. The Labute approximate surface area is 177 Å². The number of hydrazone groups is 1. The van der Waals surface area contributed by atoms with Crippen molar-refractivity contribution in [1.82, 2.24) is 5.43 Å². The first-order valence-corrected chi connectivity index (χ1v) is 9.50. The van der Waals surface area contributed by atoms with Gasteiger partial charge in [-0.15, -0.1) is 0 Å². The van der Waals surface area contributed by atoms with Gasteiger partial charge in [-0.3, -0.25) is 4.79 Å². The first-order chi connectivity index (χ1) is 15.1. The summed E-state index contributed by atoms with van der Waals surface area (Å²) >= 11 is 0. The monoisotopic (exact) mass is 412 g/mol. The number of halogens is 1. The Hall–Kier alpha value is -4.32. The number of rotatable bonds is 5. The number of ether oxygens (including phenoxy) is 1. The van der Waals surface area contributed by atoms with Gasteiger partial charge in [-0.25, -0.2) is 14.6 Å². The standard InChI is InChI=1S/C25H17FN2O3/c26-20-13-10-18(11-14-20)24(29)28-27-16-22-21-9-5-4-6-17(21)12-15-23(22)31-25(30)19-7-2-1-3-8-19/h1-16H,(H,28,29). The highest BCUT2D eigenvalue weighted by atomic mass is 19.1. The summed E-state index contributed by atoms with van der Waals surface area (Å²) in [7, 11) is 0. The van der Waals surface area contributed by atoms with Crippen LogP contribution < -0.4 is 10.2 Å². The molecule has 0 aliphatic heterocycles. The van der Waals surface area contributed by atoms with E-state index in [2.05, 4.69) is 10.5 Å². The predicted molar refractivity (Wildman–Crippen MR) is 117 cm³/mol. The van der Waals surface area contributed by atoms with Crippen molar-refractivity contribution >= 4 is 28.9 Å². The third-order valence-corrected chi connectivity index (χ3v) is 4.61. The third kappa shape index (κ3) is 4.64. The van der Waals surface area contributed by atoms with Gasteiger partial charge in [0.15, 0.2) is 0 Å². The van der Waals surface area contributed by atoms with Crippen LogP contribution in [0.4, 0.5) is 4.39 Å². The fourth-order valence-corrected chi connectivity index (χ4v) is 3.05. The lowest BCUT2D eigenvalue weighted by Gasteiger charge is -2.10. The molecule has 31 heavy (non-hydrogen) atoms. The molecule has 0 saturated heterocycles. The number of hydrogen-bond acceptors (Lipinski definition) is 4. The smallest absolute Gasteiger partial charge is 0.343 e. The largest absolute Gasteiger partial charge is 0.422 e. The highest BCUT2D eigenvalue weighted by Gasteiger charge is 2.13. The molecule has 152 valence electrons. The van der Waals surface area contributed by atoms with E-state index in [4.69, 9.17) is 4.74 Å². The molecule has 4 rings (SSSR count). The number of hydrogen-bond donors (Lipinski definition) is 1. The molecule has 0 heterocycles. The van der Waals surface area contributed by atoms with E-state index in [9.17, 15) is 14.0 Å². The van der Waals surface area contributed by atoms with Crippen LogP contribution in [0, 0.1) is 5.82 Å². The van der Waals surface area contributed by atoms with Crippen molar-refractivity contribution in [3.63, 3.8) is 0 Å². The molecular formula is C25H17FN2O3. The molecule has 0 radical (unpaired) electrons. The molecular weight excluding hydrogens is 395 g/mol. The number of carbonyl (C=O) groups excluding carboxylic acids is 2. The zero-order valence-electron chi connectivity index (χ0n) is 16.3. The molecule has 4 aromatic rings. The zero-order chi connectivity index (χ0) is 21.6. The van der Waals surface area contributed by atoms with Crippen molar-refractivity contribution < 1.29 is 18.7 Å². The minimum absolute atomic E-state index is 0.271. The second-order valence-electron chi connectivity index (χ2n) is 6.66. The van der Waals surface area contributed by atoms with Crippen LogP contribution in [-0.2, 0) is 0 Å². The molecule has 0 atom stereocenters. The summed E-state index contributed by atoms with van der Waals surface area (Å²) in [5.74, 6) is -1.10. The summed E-state index contributed by atoms with van der Waals surface area (Å²) in [4.78, 5) is 24.8. The third-order valence-electron chi connectivity index (χ3n) is 4.61. The average Bonchev–Trinajstić information content (AvgIpc) is 2.81. The summed E-state index contributed by atoms with van der Waals surface area (Å²) in [5, 5.41) is 5.75. The van der Waals surface area contributed by atoms with E-state index in [-0.39, 0.29) is 5.56 Å². The van der Waals surface area contributed by atoms with Crippen molar-refractivity contribution in [3.05, 3.63) is 114 Å². The van der Waals surface area contributed by atoms with E-state index in [0.29, 0.717) is 16.9 Å². The fraction of sp³-hybridized carbons (Fsp3) is 0. The molecule has 0 fully saturated rings. The minimum atomic E-state index is -0.499. The second-order valence-corrected chi connectivity index (χ2v) is 6.66. The Morgan fingerprint density at radius 1 is 0.806 bits per heavy atom. The maximum atomic E-state index is 13.0. The Kier molecular flexibility index (Phi) is 5.80. The lowest BCUT2D eigenvalue weighted by atomic mass is 10.0. The van der Waals surface area contributed by atoms with E-state index >= 15 is 0 Å². The Balaban J connectivity index is 1.62. The first kappa shape index (κ1) is 20.0. The van der Waals surface area contributed by atoms with Gasteiger partial charge in [0.2, 0.25) is 0 Å². The zero-order valence-corrected chi connectivity index (χ0v) is 16.3. The molecule has 0 saturated carbocycles. The van der Waals surface area contributed by atoms with Crippen molar-refractivity contribution in [2.45, 2.75) is 0 Å². The van der Waals surface area contributed by atoms with Crippen LogP contribution in [0.1, 0.15) is 26.3 Å². The summed E-state index contributed by atoms with van der Waals surface area (Å²) < 4.78 is 18.7. The van der Waals surface area contributed by atoms with Gasteiger partial charge >= 0.3 is 5.97 Å². The number of nitrogens with one attached hydrogen (secondary N) is 1. The van der Waals surface area contributed by atoms with Gasteiger partial charge in [-0.1, -0.05) is 48.5 Å². The molecule has 6 heteroatoms. The fourth-order valence-electron chi connectivity index (χ4n) is 3.05. The van der Waals surface area contributed by atoms with Gasteiger partial charge < -0.3 is 4.74 Å². The van der Waals surface area contributed by atoms with Crippen molar-refractivity contribution in [2.24, 2.45) is 5.10 Å². The van der Waals surface area contributed by atoms with Crippen molar-refractivity contribution in [2.75, 3.05) is 0 Å². The topological polar surface area (TPSA) is 67.8 Å². The molecule has 0 aromatic heterocycles.